The van der Waals surface area contributed by atoms with Crippen LogP contribution in [0.4, 0.5) is 16.2 Å². The molecule has 0 heterocycles. The number of nitrogens with two attached hydrogens (primary N) is 2. The van der Waals surface area contributed by atoms with Crippen molar-refractivity contribution in [2.24, 2.45) is 11.5 Å². The van der Waals surface area contributed by atoms with E-state index in [0.717, 1.165) is 11.1 Å². The van der Waals surface area contributed by atoms with Gasteiger partial charge in [-0.3, -0.25) is 9.59 Å². The van der Waals surface area contributed by atoms with Gasteiger partial charge < -0.3 is 22.1 Å². The Kier molecular flexibility index (Phi) is 7.12. The third-order valence-corrected chi connectivity index (χ3v) is 5.04. The number of carbonyl (C=O) groups is 3. The SMILES string of the molecule is CCCC(=O)Nc1c(C(N)=O)cc(-c2ccc(Cl)cc2)cc1-c1ccc(NC(N)=O)cc1. The predicted molar refractivity (Wildman–Crippen MR) is 128 cm³/mol. The average Bonchev–Trinajstić information content (AvgIpc) is 2.74. The second-order valence-corrected chi connectivity index (χ2v) is 7.62. The number of benzene rings is 3. The van der Waals surface area contributed by atoms with E-state index in [1.165, 1.54) is 0 Å². The monoisotopic (exact) mass is 450 g/mol. The van der Waals surface area contributed by atoms with Crippen LogP contribution in [-0.2, 0) is 4.79 Å². The largest absolute Gasteiger partial charge is 0.366 e. The average molecular weight is 451 g/mol. The number of amides is 4. The number of nitrogens with one attached hydrogen (secondary N) is 2. The number of anilines is 2. The van der Waals surface area contributed by atoms with Crippen LogP contribution in [-0.4, -0.2) is 17.8 Å². The summed E-state index contributed by atoms with van der Waals surface area (Å²) < 4.78 is 0. The van der Waals surface area contributed by atoms with E-state index in [2.05, 4.69) is 10.6 Å². The van der Waals surface area contributed by atoms with Crippen molar-refractivity contribution < 1.29 is 14.4 Å². The molecule has 3 aromatic carbocycles. The van der Waals surface area contributed by atoms with Crippen molar-refractivity contribution >= 4 is 40.8 Å². The van der Waals surface area contributed by atoms with Crippen molar-refractivity contribution in [3.05, 3.63) is 71.2 Å². The van der Waals surface area contributed by atoms with E-state index in [1.54, 1.807) is 42.5 Å². The minimum atomic E-state index is -0.675. The number of halogens is 1. The van der Waals surface area contributed by atoms with Crippen LogP contribution < -0.4 is 22.1 Å². The summed E-state index contributed by atoms with van der Waals surface area (Å²) in [6, 6.07) is 16.9. The molecule has 32 heavy (non-hydrogen) atoms. The lowest BCUT2D eigenvalue weighted by molar-refractivity contribution is -0.116. The highest BCUT2D eigenvalue weighted by molar-refractivity contribution is 6.30. The fourth-order valence-corrected chi connectivity index (χ4v) is 3.44. The van der Waals surface area contributed by atoms with Crippen LogP contribution in [0.3, 0.4) is 0 Å². The normalized spacial score (nSPS) is 10.4. The summed E-state index contributed by atoms with van der Waals surface area (Å²) in [5.74, 6) is -0.886. The van der Waals surface area contributed by atoms with E-state index in [4.69, 9.17) is 23.1 Å². The van der Waals surface area contributed by atoms with Gasteiger partial charge in [-0.15, -0.1) is 0 Å². The Morgan fingerprint density at radius 3 is 2.03 bits per heavy atom. The van der Waals surface area contributed by atoms with Crippen LogP contribution in [0.15, 0.2) is 60.7 Å². The van der Waals surface area contributed by atoms with E-state index in [0.29, 0.717) is 40.4 Å². The maximum absolute atomic E-state index is 12.4. The lowest BCUT2D eigenvalue weighted by Crippen LogP contribution is -2.19. The van der Waals surface area contributed by atoms with Crippen LogP contribution in [0.2, 0.25) is 5.02 Å². The zero-order valence-corrected chi connectivity index (χ0v) is 18.2. The molecule has 0 atom stereocenters. The maximum Gasteiger partial charge on any atom is 0.316 e. The Bertz CT molecular complexity index is 1160. The van der Waals surface area contributed by atoms with Crippen molar-refractivity contribution in [1.82, 2.24) is 0 Å². The molecule has 7 nitrogen and oxygen atoms in total. The first-order chi connectivity index (χ1) is 15.3. The lowest BCUT2D eigenvalue weighted by Gasteiger charge is -2.18. The molecule has 4 amide bonds. The van der Waals surface area contributed by atoms with Crippen LogP contribution in [0.25, 0.3) is 22.3 Å². The number of hydrogen-bond acceptors (Lipinski definition) is 3. The Morgan fingerprint density at radius 1 is 0.844 bits per heavy atom. The summed E-state index contributed by atoms with van der Waals surface area (Å²) in [6.45, 7) is 1.89. The van der Waals surface area contributed by atoms with Gasteiger partial charge in [0.25, 0.3) is 5.91 Å². The molecule has 0 saturated carbocycles. The van der Waals surface area contributed by atoms with Gasteiger partial charge in [0.15, 0.2) is 0 Å². The summed E-state index contributed by atoms with van der Waals surface area (Å²) in [7, 11) is 0. The lowest BCUT2D eigenvalue weighted by atomic mass is 9.93. The van der Waals surface area contributed by atoms with Crippen molar-refractivity contribution in [1.29, 1.82) is 0 Å². The molecule has 0 spiro atoms. The summed E-state index contributed by atoms with van der Waals surface area (Å²) in [6.07, 6.45) is 0.960. The molecule has 0 aliphatic carbocycles. The molecule has 0 unspecified atom stereocenters. The number of urea groups is 1. The van der Waals surface area contributed by atoms with Crippen molar-refractivity contribution in [2.45, 2.75) is 19.8 Å². The Balaban J connectivity index is 2.19. The molecule has 6 N–H and O–H groups in total. The van der Waals surface area contributed by atoms with Crippen LogP contribution in [0.1, 0.15) is 30.1 Å². The van der Waals surface area contributed by atoms with Gasteiger partial charge in [-0.05, 0) is 59.5 Å². The topological polar surface area (TPSA) is 127 Å². The second kappa shape index (κ2) is 9.98. The highest BCUT2D eigenvalue weighted by atomic mass is 35.5. The van der Waals surface area contributed by atoms with E-state index in [9.17, 15) is 14.4 Å². The molecule has 0 aliphatic rings. The summed E-state index contributed by atoms with van der Waals surface area (Å²) in [4.78, 5) is 35.9. The molecule has 0 saturated heterocycles. The summed E-state index contributed by atoms with van der Waals surface area (Å²) >= 11 is 6.01. The molecule has 3 rings (SSSR count). The van der Waals surface area contributed by atoms with Gasteiger partial charge in [0.05, 0.1) is 11.3 Å². The zero-order chi connectivity index (χ0) is 23.3. The molecule has 8 heteroatoms. The van der Waals surface area contributed by atoms with Gasteiger partial charge in [0.2, 0.25) is 5.91 Å². The van der Waals surface area contributed by atoms with E-state index < -0.39 is 11.9 Å². The molecule has 3 aromatic rings. The highest BCUT2D eigenvalue weighted by Gasteiger charge is 2.19. The number of hydrogen-bond donors (Lipinski definition) is 4. The Labute approximate surface area is 190 Å². The summed E-state index contributed by atoms with van der Waals surface area (Å²) in [5.41, 5.74) is 14.8. The fraction of sp³-hybridized carbons (Fsp3) is 0.125. The van der Waals surface area contributed by atoms with Crippen LogP contribution in [0.5, 0.6) is 0 Å². The first kappa shape index (κ1) is 22.8. The number of rotatable bonds is 7. The quantitative estimate of drug-likeness (QED) is 0.404. The third-order valence-electron chi connectivity index (χ3n) is 4.79. The predicted octanol–water partition coefficient (Wildman–Crippen LogP) is 5.00. The van der Waals surface area contributed by atoms with E-state index >= 15 is 0 Å². The fourth-order valence-electron chi connectivity index (χ4n) is 3.31. The zero-order valence-electron chi connectivity index (χ0n) is 17.4. The van der Waals surface area contributed by atoms with Crippen molar-refractivity contribution in [3.63, 3.8) is 0 Å². The molecule has 0 radical (unpaired) electrons. The minimum Gasteiger partial charge on any atom is -0.366 e. The molecule has 0 aliphatic heterocycles. The van der Waals surface area contributed by atoms with Gasteiger partial charge in [-0.1, -0.05) is 42.8 Å². The molecular weight excluding hydrogens is 428 g/mol. The van der Waals surface area contributed by atoms with Gasteiger partial charge in [0, 0.05) is 22.7 Å². The van der Waals surface area contributed by atoms with Gasteiger partial charge in [0.1, 0.15) is 0 Å². The van der Waals surface area contributed by atoms with Gasteiger partial charge >= 0.3 is 6.03 Å². The number of primary amides is 2. The maximum atomic E-state index is 12.4. The Morgan fingerprint density at radius 2 is 1.47 bits per heavy atom. The second-order valence-electron chi connectivity index (χ2n) is 7.18. The van der Waals surface area contributed by atoms with Crippen molar-refractivity contribution in [2.75, 3.05) is 10.6 Å². The summed E-state index contributed by atoms with van der Waals surface area (Å²) in [5, 5.41) is 5.93. The molecule has 0 fully saturated rings. The smallest absolute Gasteiger partial charge is 0.316 e. The van der Waals surface area contributed by atoms with Crippen molar-refractivity contribution in [3.8, 4) is 22.3 Å². The molecule has 164 valence electrons. The standard InChI is InChI=1S/C24H23ClN4O3/c1-2-3-21(30)29-22-19(15-6-10-18(11-7-15)28-24(27)32)12-16(13-20(22)23(26)31)14-4-8-17(25)9-5-14/h4-13H,2-3H2,1H3,(H2,26,31)(H,29,30)(H3,27,28,32). The van der Waals surface area contributed by atoms with Crippen LogP contribution >= 0.6 is 11.6 Å². The third kappa shape index (κ3) is 5.44. The van der Waals surface area contributed by atoms with Gasteiger partial charge in [-0.2, -0.15) is 0 Å². The minimum absolute atomic E-state index is 0.191. The van der Waals surface area contributed by atoms with Gasteiger partial charge in [-0.25, -0.2) is 4.79 Å². The van der Waals surface area contributed by atoms with E-state index in [-0.39, 0.29) is 11.5 Å². The molecule has 0 aromatic heterocycles. The van der Waals surface area contributed by atoms with Crippen LogP contribution in [0, 0.1) is 0 Å². The first-order valence-corrected chi connectivity index (χ1v) is 10.4. The number of carbonyl (C=O) groups excluding carboxylic acids is 3. The first-order valence-electron chi connectivity index (χ1n) is 9.99. The van der Waals surface area contributed by atoms with E-state index in [1.807, 2.05) is 25.1 Å². The molecular formula is C24H23ClN4O3. The Hall–Kier alpha value is -3.84. The highest BCUT2D eigenvalue weighted by Crippen LogP contribution is 2.37. The molecule has 0 bridgehead atoms.